The number of piperazine rings is 1. The molecule has 0 unspecified atom stereocenters. The number of anilines is 3. The standard InChI is InChI=1S/C23H21F2N9OS2/c1-33-6-8-34(9-7-33)19-11-18(29-22-28-13-15(12-26)37-22)30-23(31-19)36-10-4-2-3-5-17(35)16-14-27-21(25)32-20(16)24/h11,13-14H,3,5-10H2,1H3,(H,28,29,30,31). The zero-order valence-electron chi connectivity index (χ0n) is 19.7. The van der Waals surface area contributed by atoms with Crippen LogP contribution >= 0.6 is 23.1 Å². The maximum Gasteiger partial charge on any atom is 0.311 e. The predicted molar refractivity (Wildman–Crippen MR) is 136 cm³/mol. The van der Waals surface area contributed by atoms with E-state index in [0.29, 0.717) is 26.7 Å². The van der Waals surface area contributed by atoms with Crippen LogP contribution in [0.3, 0.4) is 0 Å². The second-order valence-corrected chi connectivity index (χ2v) is 9.83. The summed E-state index contributed by atoms with van der Waals surface area (Å²) >= 11 is 2.58. The van der Waals surface area contributed by atoms with Gasteiger partial charge in [-0.05, 0) is 7.05 Å². The van der Waals surface area contributed by atoms with Crippen molar-refractivity contribution in [2.45, 2.75) is 18.0 Å². The van der Waals surface area contributed by atoms with Crippen LogP contribution in [-0.4, -0.2) is 74.6 Å². The molecule has 0 atom stereocenters. The molecule has 37 heavy (non-hydrogen) atoms. The van der Waals surface area contributed by atoms with Gasteiger partial charge in [0, 0.05) is 51.3 Å². The number of carbonyl (C=O) groups is 1. The van der Waals surface area contributed by atoms with Gasteiger partial charge in [0.1, 0.15) is 22.6 Å². The first-order chi connectivity index (χ1) is 17.9. The number of ketones is 1. The third-order valence-electron chi connectivity index (χ3n) is 5.26. The van der Waals surface area contributed by atoms with Gasteiger partial charge in [0.15, 0.2) is 16.1 Å². The van der Waals surface area contributed by atoms with Gasteiger partial charge in [-0.25, -0.2) is 19.9 Å². The molecule has 0 amide bonds. The maximum atomic E-state index is 13.6. The summed E-state index contributed by atoms with van der Waals surface area (Å²) in [5.41, 5.74) is -0.353. The van der Waals surface area contributed by atoms with Crippen LogP contribution in [-0.2, 0) is 0 Å². The van der Waals surface area contributed by atoms with Crippen LogP contribution in [0.25, 0.3) is 0 Å². The Morgan fingerprint density at radius 2 is 1.97 bits per heavy atom. The Labute approximate surface area is 220 Å². The van der Waals surface area contributed by atoms with E-state index in [2.05, 4.69) is 65.0 Å². The summed E-state index contributed by atoms with van der Waals surface area (Å²) in [7, 11) is 2.08. The SMILES string of the molecule is CN1CCN(c2cc(Nc3ncc(C#N)s3)nc(SCC#CCCC(=O)c3cnc(F)nc3F)n2)CC1. The highest BCUT2D eigenvalue weighted by atomic mass is 32.2. The minimum Gasteiger partial charge on any atom is -0.354 e. The van der Waals surface area contributed by atoms with Gasteiger partial charge >= 0.3 is 6.08 Å². The molecule has 1 N–H and O–H groups in total. The van der Waals surface area contributed by atoms with Crippen LogP contribution in [0.15, 0.2) is 23.6 Å². The number of likely N-dealkylation sites (N-methyl/N-ethyl adjacent to an activating group) is 1. The average Bonchev–Trinajstić information content (AvgIpc) is 3.33. The topological polar surface area (TPSA) is 124 Å². The van der Waals surface area contributed by atoms with E-state index in [1.165, 1.54) is 29.3 Å². The normalized spacial score (nSPS) is 13.5. The third kappa shape index (κ3) is 7.39. The molecule has 1 aliphatic rings. The summed E-state index contributed by atoms with van der Waals surface area (Å²) < 4.78 is 26.4. The number of carbonyl (C=O) groups excluding carboxylic acids is 1. The zero-order valence-corrected chi connectivity index (χ0v) is 21.4. The molecule has 1 aliphatic heterocycles. The van der Waals surface area contributed by atoms with Crippen molar-refractivity contribution >= 4 is 45.6 Å². The second-order valence-electron chi connectivity index (χ2n) is 7.86. The Bertz CT molecular complexity index is 1370. The zero-order chi connectivity index (χ0) is 26.2. The van der Waals surface area contributed by atoms with Crippen molar-refractivity contribution in [2.24, 2.45) is 0 Å². The van der Waals surface area contributed by atoms with Gasteiger partial charge in [0.2, 0.25) is 5.95 Å². The molecular weight excluding hydrogens is 520 g/mol. The van der Waals surface area contributed by atoms with Crippen molar-refractivity contribution in [2.75, 3.05) is 49.2 Å². The molecule has 0 bridgehead atoms. The van der Waals surface area contributed by atoms with Crippen molar-refractivity contribution in [3.05, 3.63) is 40.9 Å². The highest BCUT2D eigenvalue weighted by Gasteiger charge is 2.18. The number of thioether (sulfide) groups is 1. The highest BCUT2D eigenvalue weighted by Crippen LogP contribution is 2.26. The number of rotatable bonds is 8. The number of hydrogen-bond acceptors (Lipinski definition) is 12. The molecule has 1 fully saturated rings. The summed E-state index contributed by atoms with van der Waals surface area (Å²) in [6, 6.07) is 3.93. The molecule has 0 spiro atoms. The number of Topliss-reactive ketones (excluding diaryl/α,β-unsaturated/α-hetero) is 1. The Morgan fingerprint density at radius 3 is 2.70 bits per heavy atom. The maximum absolute atomic E-state index is 13.6. The fraction of sp³-hybridized carbons (Fsp3) is 0.348. The summed E-state index contributed by atoms with van der Waals surface area (Å²) in [5.74, 6) is 5.84. The molecule has 0 aromatic carbocycles. The molecule has 0 aliphatic carbocycles. The third-order valence-corrected chi connectivity index (χ3v) is 6.81. The van der Waals surface area contributed by atoms with E-state index in [1.54, 1.807) is 0 Å². The lowest BCUT2D eigenvalue weighted by molar-refractivity contribution is 0.0978. The molecule has 14 heteroatoms. The fourth-order valence-corrected chi connectivity index (χ4v) is 4.56. The monoisotopic (exact) mass is 541 g/mol. The van der Waals surface area contributed by atoms with Gasteiger partial charge in [-0.3, -0.25) is 4.79 Å². The van der Waals surface area contributed by atoms with Crippen molar-refractivity contribution in [3.63, 3.8) is 0 Å². The summed E-state index contributed by atoms with van der Waals surface area (Å²) in [6.07, 6.45) is 1.29. The molecular formula is C23H21F2N9OS2. The van der Waals surface area contributed by atoms with Gasteiger partial charge in [-0.15, -0.1) is 5.92 Å². The lowest BCUT2D eigenvalue weighted by Gasteiger charge is -2.33. The lowest BCUT2D eigenvalue weighted by atomic mass is 10.1. The number of nitriles is 1. The van der Waals surface area contributed by atoms with E-state index in [9.17, 15) is 13.6 Å². The Balaban J connectivity index is 1.38. The van der Waals surface area contributed by atoms with Gasteiger partial charge in [-0.1, -0.05) is 29.0 Å². The Hall–Kier alpha value is -3.72. The van der Waals surface area contributed by atoms with Crippen molar-refractivity contribution in [3.8, 4) is 17.9 Å². The first-order valence-electron chi connectivity index (χ1n) is 11.2. The number of aromatic nitrogens is 5. The van der Waals surface area contributed by atoms with Crippen LogP contribution in [0.1, 0.15) is 28.1 Å². The molecule has 0 radical (unpaired) electrons. The van der Waals surface area contributed by atoms with E-state index in [-0.39, 0.29) is 18.4 Å². The van der Waals surface area contributed by atoms with Gasteiger partial charge < -0.3 is 15.1 Å². The summed E-state index contributed by atoms with van der Waals surface area (Å²) in [5, 5.41) is 13.3. The predicted octanol–water partition coefficient (Wildman–Crippen LogP) is 3.13. The van der Waals surface area contributed by atoms with E-state index >= 15 is 0 Å². The van der Waals surface area contributed by atoms with E-state index in [1.807, 2.05) is 6.07 Å². The van der Waals surface area contributed by atoms with E-state index < -0.39 is 17.8 Å². The fourth-order valence-electron chi connectivity index (χ4n) is 3.31. The number of nitrogens with one attached hydrogen (secondary N) is 1. The molecule has 4 heterocycles. The molecule has 0 saturated carbocycles. The van der Waals surface area contributed by atoms with Crippen LogP contribution in [0.2, 0.25) is 0 Å². The second kappa shape index (κ2) is 12.5. The first kappa shape index (κ1) is 26.3. The van der Waals surface area contributed by atoms with E-state index in [4.69, 9.17) is 5.26 Å². The van der Waals surface area contributed by atoms with Crippen LogP contribution in [0.4, 0.5) is 25.5 Å². The Morgan fingerprint density at radius 1 is 1.16 bits per heavy atom. The van der Waals surface area contributed by atoms with Crippen LogP contribution in [0, 0.1) is 35.2 Å². The highest BCUT2D eigenvalue weighted by molar-refractivity contribution is 7.99. The molecule has 190 valence electrons. The number of halogens is 2. The number of hydrogen-bond donors (Lipinski definition) is 1. The number of thiazole rings is 1. The molecule has 3 aromatic heterocycles. The number of nitrogens with zero attached hydrogens (tertiary/aromatic N) is 8. The largest absolute Gasteiger partial charge is 0.354 e. The van der Waals surface area contributed by atoms with Crippen molar-refractivity contribution in [1.82, 2.24) is 29.8 Å². The molecule has 10 nitrogen and oxygen atoms in total. The quantitative estimate of drug-likeness (QED) is 0.149. The van der Waals surface area contributed by atoms with Gasteiger partial charge in [0.25, 0.3) is 0 Å². The molecule has 1 saturated heterocycles. The summed E-state index contributed by atoms with van der Waals surface area (Å²) in [4.78, 5) is 36.6. The van der Waals surface area contributed by atoms with Gasteiger partial charge in [-0.2, -0.15) is 19.0 Å². The van der Waals surface area contributed by atoms with Crippen molar-refractivity contribution in [1.29, 1.82) is 5.26 Å². The minimum atomic E-state index is -1.22. The smallest absolute Gasteiger partial charge is 0.311 e. The average molecular weight is 542 g/mol. The van der Waals surface area contributed by atoms with E-state index in [0.717, 1.165) is 38.2 Å². The molecule has 4 rings (SSSR count). The Kier molecular flexibility index (Phi) is 8.90. The van der Waals surface area contributed by atoms with Crippen LogP contribution < -0.4 is 10.2 Å². The first-order valence-corrected chi connectivity index (χ1v) is 13.0. The summed E-state index contributed by atoms with van der Waals surface area (Å²) in [6.45, 7) is 3.51. The van der Waals surface area contributed by atoms with Crippen LogP contribution in [0.5, 0.6) is 0 Å². The molecule has 3 aromatic rings. The minimum absolute atomic E-state index is 0.0362. The van der Waals surface area contributed by atoms with Crippen molar-refractivity contribution < 1.29 is 13.6 Å². The lowest BCUT2D eigenvalue weighted by Crippen LogP contribution is -2.44. The van der Waals surface area contributed by atoms with Gasteiger partial charge in [0.05, 0.1) is 17.5 Å².